The van der Waals surface area contributed by atoms with Crippen LogP contribution in [0.5, 0.6) is 0 Å². The first-order valence-corrected chi connectivity index (χ1v) is 5.22. The molecule has 1 unspecified atom stereocenters. The maximum Gasteiger partial charge on any atom is 0.252 e. The summed E-state index contributed by atoms with van der Waals surface area (Å²) in [6.45, 7) is 1.70. The number of amides is 1. The van der Waals surface area contributed by atoms with Crippen molar-refractivity contribution in [1.82, 2.24) is 5.32 Å². The number of carbonyl (C=O) groups excluding carboxylic acids is 1. The maximum atomic E-state index is 13.1. The van der Waals surface area contributed by atoms with Crippen molar-refractivity contribution in [2.24, 2.45) is 0 Å². The number of hydrogen-bond acceptors (Lipinski definition) is 2. The van der Waals surface area contributed by atoms with E-state index in [1.54, 1.807) is 6.92 Å². The van der Waals surface area contributed by atoms with Crippen molar-refractivity contribution in [3.05, 3.63) is 34.1 Å². The number of rotatable bonds is 3. The second-order valence-corrected chi connectivity index (χ2v) is 3.95. The number of nitrogens with one attached hydrogen (secondary N) is 1. The third-order valence-corrected chi connectivity index (χ3v) is 2.56. The van der Waals surface area contributed by atoms with E-state index in [0.29, 0.717) is 0 Å². The number of carbonyl (C=O) groups is 1. The average Bonchev–Trinajstić information content (AvgIpc) is 2.18. The van der Waals surface area contributed by atoms with E-state index in [9.17, 15) is 9.18 Å². The summed E-state index contributed by atoms with van der Waals surface area (Å²) >= 11 is 2.99. The highest BCUT2D eigenvalue weighted by Crippen LogP contribution is 2.19. The van der Waals surface area contributed by atoms with Gasteiger partial charge in [0.25, 0.3) is 5.91 Å². The summed E-state index contributed by atoms with van der Waals surface area (Å²) in [5, 5.41) is 11.5. The van der Waals surface area contributed by atoms with E-state index in [4.69, 9.17) is 5.11 Å². The molecule has 0 saturated carbocycles. The van der Waals surface area contributed by atoms with Gasteiger partial charge in [0.2, 0.25) is 0 Å². The SMILES string of the molecule is CC(O)CNC(=O)c1cccc(F)c1Br. The van der Waals surface area contributed by atoms with Crippen LogP contribution in [0.1, 0.15) is 17.3 Å². The Morgan fingerprint density at radius 3 is 2.93 bits per heavy atom. The third-order valence-electron chi connectivity index (χ3n) is 1.75. The fraction of sp³-hybridized carbons (Fsp3) is 0.300. The van der Waals surface area contributed by atoms with Gasteiger partial charge in [-0.1, -0.05) is 6.07 Å². The molecule has 0 radical (unpaired) electrons. The molecule has 1 aromatic carbocycles. The molecular weight excluding hydrogens is 265 g/mol. The summed E-state index contributed by atoms with van der Waals surface area (Å²) in [7, 11) is 0. The number of hydrogen-bond donors (Lipinski definition) is 2. The van der Waals surface area contributed by atoms with Gasteiger partial charge in [-0.2, -0.15) is 0 Å². The summed E-state index contributed by atoms with van der Waals surface area (Å²) in [5.74, 6) is -0.901. The molecule has 0 heterocycles. The number of benzene rings is 1. The molecule has 82 valence electrons. The molecule has 0 fully saturated rings. The van der Waals surface area contributed by atoms with E-state index in [2.05, 4.69) is 21.2 Å². The Kier molecular flexibility index (Phi) is 4.23. The Labute approximate surface area is 95.4 Å². The zero-order chi connectivity index (χ0) is 11.4. The highest BCUT2D eigenvalue weighted by Gasteiger charge is 2.12. The minimum atomic E-state index is -0.624. The van der Waals surface area contributed by atoms with Crippen LogP contribution in [0.25, 0.3) is 0 Å². The Hall–Kier alpha value is -0.940. The predicted octanol–water partition coefficient (Wildman–Crippen LogP) is 1.70. The maximum absolute atomic E-state index is 13.1. The summed E-state index contributed by atoms with van der Waals surface area (Å²) in [5.41, 5.74) is 0.218. The van der Waals surface area contributed by atoms with Gasteiger partial charge < -0.3 is 10.4 Å². The molecule has 0 aliphatic rings. The van der Waals surface area contributed by atoms with Crippen molar-refractivity contribution in [1.29, 1.82) is 0 Å². The lowest BCUT2D eigenvalue weighted by Gasteiger charge is -2.08. The summed E-state index contributed by atoms with van der Waals surface area (Å²) < 4.78 is 13.2. The number of halogens is 2. The molecule has 15 heavy (non-hydrogen) atoms. The van der Waals surface area contributed by atoms with Gasteiger partial charge in [0.05, 0.1) is 16.1 Å². The van der Waals surface area contributed by atoms with Crippen LogP contribution in [0.3, 0.4) is 0 Å². The van der Waals surface area contributed by atoms with Crippen LogP contribution in [-0.2, 0) is 0 Å². The molecule has 0 aliphatic heterocycles. The Morgan fingerprint density at radius 1 is 1.67 bits per heavy atom. The van der Waals surface area contributed by atoms with E-state index in [-0.39, 0.29) is 16.6 Å². The van der Waals surface area contributed by atoms with Crippen LogP contribution in [-0.4, -0.2) is 23.7 Å². The topological polar surface area (TPSA) is 49.3 Å². The van der Waals surface area contributed by atoms with Crippen molar-refractivity contribution in [3.8, 4) is 0 Å². The molecule has 5 heteroatoms. The van der Waals surface area contributed by atoms with Crippen LogP contribution in [0, 0.1) is 5.82 Å². The Bertz CT molecular complexity index is 368. The molecule has 2 N–H and O–H groups in total. The van der Waals surface area contributed by atoms with Gasteiger partial charge in [-0.05, 0) is 35.0 Å². The van der Waals surface area contributed by atoms with Crippen molar-refractivity contribution < 1.29 is 14.3 Å². The van der Waals surface area contributed by atoms with Crippen LogP contribution < -0.4 is 5.32 Å². The Morgan fingerprint density at radius 2 is 2.33 bits per heavy atom. The first kappa shape index (κ1) is 12.1. The monoisotopic (exact) mass is 275 g/mol. The molecular formula is C10H11BrFNO2. The van der Waals surface area contributed by atoms with Gasteiger partial charge in [-0.3, -0.25) is 4.79 Å². The normalized spacial score (nSPS) is 12.3. The molecule has 1 atom stereocenters. The van der Waals surface area contributed by atoms with Crippen LogP contribution in [0.15, 0.2) is 22.7 Å². The lowest BCUT2D eigenvalue weighted by atomic mass is 10.2. The van der Waals surface area contributed by atoms with Crippen LogP contribution in [0.2, 0.25) is 0 Å². The second kappa shape index (κ2) is 5.23. The smallest absolute Gasteiger partial charge is 0.252 e. The number of aliphatic hydroxyl groups is 1. The minimum absolute atomic E-state index is 0.132. The van der Waals surface area contributed by atoms with Gasteiger partial charge >= 0.3 is 0 Å². The average molecular weight is 276 g/mol. The molecule has 0 spiro atoms. The first-order valence-electron chi connectivity index (χ1n) is 4.42. The predicted molar refractivity (Wildman–Crippen MR) is 58.1 cm³/mol. The van der Waals surface area contributed by atoms with E-state index in [1.165, 1.54) is 18.2 Å². The third kappa shape index (κ3) is 3.28. The molecule has 1 aromatic rings. The van der Waals surface area contributed by atoms with E-state index < -0.39 is 17.8 Å². The fourth-order valence-corrected chi connectivity index (χ4v) is 1.46. The quantitative estimate of drug-likeness (QED) is 0.882. The van der Waals surface area contributed by atoms with Crippen molar-refractivity contribution in [3.63, 3.8) is 0 Å². The fourth-order valence-electron chi connectivity index (χ4n) is 1.01. The standard InChI is InChI=1S/C10H11BrFNO2/c1-6(14)5-13-10(15)7-3-2-4-8(12)9(7)11/h2-4,6,14H,5H2,1H3,(H,13,15). The molecule has 0 saturated heterocycles. The van der Waals surface area contributed by atoms with Crippen molar-refractivity contribution in [2.45, 2.75) is 13.0 Å². The van der Waals surface area contributed by atoms with Gasteiger partial charge in [0.15, 0.2) is 0 Å². The largest absolute Gasteiger partial charge is 0.392 e. The van der Waals surface area contributed by atoms with Gasteiger partial charge in [0.1, 0.15) is 5.82 Å². The lowest BCUT2D eigenvalue weighted by Crippen LogP contribution is -2.30. The highest BCUT2D eigenvalue weighted by atomic mass is 79.9. The van der Waals surface area contributed by atoms with E-state index in [1.807, 2.05) is 0 Å². The van der Waals surface area contributed by atoms with E-state index in [0.717, 1.165) is 0 Å². The van der Waals surface area contributed by atoms with Gasteiger partial charge in [0, 0.05) is 6.54 Å². The summed E-state index contributed by atoms with van der Waals surface area (Å²) in [6, 6.07) is 4.22. The van der Waals surface area contributed by atoms with Crippen molar-refractivity contribution in [2.75, 3.05) is 6.54 Å². The van der Waals surface area contributed by atoms with Crippen LogP contribution in [0.4, 0.5) is 4.39 Å². The van der Waals surface area contributed by atoms with Gasteiger partial charge in [-0.25, -0.2) is 4.39 Å². The summed E-state index contributed by atoms with van der Waals surface area (Å²) in [4.78, 5) is 11.5. The zero-order valence-corrected chi connectivity index (χ0v) is 9.71. The molecule has 3 nitrogen and oxygen atoms in total. The molecule has 0 aromatic heterocycles. The molecule has 1 rings (SSSR count). The second-order valence-electron chi connectivity index (χ2n) is 3.16. The van der Waals surface area contributed by atoms with Crippen LogP contribution >= 0.6 is 15.9 Å². The molecule has 0 bridgehead atoms. The molecule has 1 amide bonds. The molecule has 0 aliphatic carbocycles. The summed E-state index contributed by atoms with van der Waals surface area (Å²) in [6.07, 6.45) is -0.624. The zero-order valence-electron chi connectivity index (χ0n) is 8.13. The van der Waals surface area contributed by atoms with Gasteiger partial charge in [-0.15, -0.1) is 0 Å². The number of aliphatic hydroxyl groups excluding tert-OH is 1. The lowest BCUT2D eigenvalue weighted by molar-refractivity contribution is 0.0922. The van der Waals surface area contributed by atoms with E-state index >= 15 is 0 Å². The minimum Gasteiger partial charge on any atom is -0.392 e. The van der Waals surface area contributed by atoms with Crippen molar-refractivity contribution >= 4 is 21.8 Å². The first-order chi connectivity index (χ1) is 7.02. The highest BCUT2D eigenvalue weighted by molar-refractivity contribution is 9.10. The Balaban J connectivity index is 2.78.